The fourth-order valence-corrected chi connectivity index (χ4v) is 4.12. The van der Waals surface area contributed by atoms with Crippen LogP contribution in [0.1, 0.15) is 32.8 Å². The average Bonchev–Trinajstić information content (AvgIpc) is 2.76. The van der Waals surface area contributed by atoms with Crippen molar-refractivity contribution in [2.45, 2.75) is 45.5 Å². The Morgan fingerprint density at radius 1 is 1.16 bits per heavy atom. The van der Waals surface area contributed by atoms with Gasteiger partial charge in [0.25, 0.3) is 0 Å². The molecule has 1 saturated heterocycles. The minimum absolute atomic E-state index is 0.0348. The fraction of sp³-hybridized carbons (Fsp3) is 0.423. The topological polar surface area (TPSA) is 60.0 Å². The fourth-order valence-electron chi connectivity index (χ4n) is 4.12. The maximum atomic E-state index is 12.1. The van der Waals surface area contributed by atoms with Crippen LogP contribution in [0.5, 0.6) is 0 Å². The molecule has 2 aromatic carbocycles. The van der Waals surface area contributed by atoms with E-state index < -0.39 is 11.8 Å². The number of piperidine rings is 1. The lowest BCUT2D eigenvalue weighted by Crippen LogP contribution is -2.43. The summed E-state index contributed by atoms with van der Waals surface area (Å²) >= 11 is 0. The maximum absolute atomic E-state index is 12.1. The summed E-state index contributed by atoms with van der Waals surface area (Å²) in [5.74, 6) is 0.220. The van der Waals surface area contributed by atoms with Crippen LogP contribution in [0.4, 0.5) is 4.79 Å². The van der Waals surface area contributed by atoms with Gasteiger partial charge in [-0.15, -0.1) is 0 Å². The highest BCUT2D eigenvalue weighted by atomic mass is 16.8. The van der Waals surface area contributed by atoms with Crippen LogP contribution in [0.2, 0.25) is 0 Å². The third-order valence-corrected chi connectivity index (χ3v) is 5.60. The predicted octanol–water partition coefficient (Wildman–Crippen LogP) is 4.96. The zero-order valence-electron chi connectivity index (χ0n) is 19.0. The SMILES string of the molecule is CC(C)(C)OC(=O)ON1C=C(C2CCNCC2OCc2ccc3ccccc3c2)C=CC1. The molecule has 6 heteroatoms. The summed E-state index contributed by atoms with van der Waals surface area (Å²) in [5.41, 5.74) is 1.67. The van der Waals surface area contributed by atoms with E-state index in [0.717, 1.165) is 30.6 Å². The molecule has 0 aromatic heterocycles. The smallest absolute Gasteiger partial charge is 0.427 e. The Bertz CT molecular complexity index is 1010. The molecule has 0 amide bonds. The number of ether oxygens (including phenoxy) is 2. The Morgan fingerprint density at radius 3 is 2.78 bits per heavy atom. The molecule has 2 heterocycles. The van der Waals surface area contributed by atoms with Gasteiger partial charge >= 0.3 is 6.16 Å². The van der Waals surface area contributed by atoms with Crippen molar-refractivity contribution in [2.24, 2.45) is 5.92 Å². The number of hydrogen-bond donors (Lipinski definition) is 1. The van der Waals surface area contributed by atoms with Crippen molar-refractivity contribution in [1.82, 2.24) is 10.4 Å². The number of carbonyl (C=O) groups is 1. The van der Waals surface area contributed by atoms with E-state index in [0.29, 0.717) is 13.2 Å². The molecule has 2 unspecified atom stereocenters. The molecule has 2 atom stereocenters. The monoisotopic (exact) mass is 436 g/mol. The van der Waals surface area contributed by atoms with Crippen LogP contribution >= 0.6 is 0 Å². The zero-order valence-corrected chi connectivity index (χ0v) is 19.0. The summed E-state index contributed by atoms with van der Waals surface area (Å²) in [6.45, 7) is 8.22. The second-order valence-electron chi connectivity index (χ2n) is 9.32. The highest BCUT2D eigenvalue weighted by molar-refractivity contribution is 5.82. The molecule has 0 spiro atoms. The molecule has 0 radical (unpaired) electrons. The van der Waals surface area contributed by atoms with Crippen LogP contribution < -0.4 is 5.32 Å². The summed E-state index contributed by atoms with van der Waals surface area (Å²) in [7, 11) is 0. The number of carbonyl (C=O) groups excluding carboxylic acids is 1. The molecular formula is C26H32N2O4. The molecule has 1 fully saturated rings. The van der Waals surface area contributed by atoms with E-state index in [9.17, 15) is 4.79 Å². The quantitative estimate of drug-likeness (QED) is 0.669. The van der Waals surface area contributed by atoms with Crippen LogP contribution in [0.3, 0.4) is 0 Å². The second kappa shape index (κ2) is 9.76. The first-order chi connectivity index (χ1) is 15.4. The standard InChI is InChI=1S/C26H32N2O4/c1-26(2,3)31-25(29)32-28-14-6-9-22(17-28)23-12-13-27-16-24(23)30-18-19-10-11-20-7-4-5-8-21(20)15-19/h4-11,15,17,23-24,27H,12-14,16,18H2,1-3H3. The molecular weight excluding hydrogens is 404 g/mol. The van der Waals surface area contributed by atoms with E-state index >= 15 is 0 Å². The third-order valence-electron chi connectivity index (χ3n) is 5.60. The molecule has 2 aromatic rings. The normalized spacial score (nSPS) is 21.3. The maximum Gasteiger partial charge on any atom is 0.533 e. The lowest BCUT2D eigenvalue weighted by atomic mass is 9.87. The Kier molecular flexibility index (Phi) is 6.82. The molecule has 2 aliphatic rings. The minimum atomic E-state index is -0.696. The summed E-state index contributed by atoms with van der Waals surface area (Å²) in [4.78, 5) is 17.4. The van der Waals surface area contributed by atoms with Crippen molar-refractivity contribution in [1.29, 1.82) is 0 Å². The number of nitrogens with one attached hydrogen (secondary N) is 1. The largest absolute Gasteiger partial charge is 0.533 e. The Labute approximate surface area is 189 Å². The number of fused-ring (bicyclic) bond motifs is 1. The van der Waals surface area contributed by atoms with Gasteiger partial charge in [0.1, 0.15) is 5.60 Å². The molecule has 2 aliphatic heterocycles. The molecule has 6 nitrogen and oxygen atoms in total. The minimum Gasteiger partial charge on any atom is -0.427 e. The van der Waals surface area contributed by atoms with Crippen LogP contribution in [0.25, 0.3) is 10.8 Å². The van der Waals surface area contributed by atoms with Crippen LogP contribution in [0, 0.1) is 5.92 Å². The summed E-state index contributed by atoms with van der Waals surface area (Å²) in [5, 5.41) is 7.43. The Hall–Kier alpha value is -2.83. The van der Waals surface area contributed by atoms with Gasteiger partial charge < -0.3 is 19.6 Å². The molecule has 170 valence electrons. The van der Waals surface area contributed by atoms with Gasteiger partial charge in [0.2, 0.25) is 0 Å². The average molecular weight is 437 g/mol. The van der Waals surface area contributed by atoms with Gasteiger partial charge in [-0.2, -0.15) is 0 Å². The van der Waals surface area contributed by atoms with E-state index in [1.54, 1.807) is 0 Å². The van der Waals surface area contributed by atoms with Gasteiger partial charge in [-0.3, -0.25) is 0 Å². The van der Waals surface area contributed by atoms with Crippen molar-refractivity contribution < 1.29 is 19.1 Å². The zero-order chi connectivity index (χ0) is 22.6. The molecule has 4 rings (SSSR count). The lowest BCUT2D eigenvalue weighted by Gasteiger charge is -2.35. The first-order valence-electron chi connectivity index (χ1n) is 11.2. The van der Waals surface area contributed by atoms with Gasteiger partial charge in [-0.1, -0.05) is 48.6 Å². The lowest BCUT2D eigenvalue weighted by molar-refractivity contribution is -0.109. The Balaban J connectivity index is 1.41. The molecule has 0 aliphatic carbocycles. The number of hydrogen-bond acceptors (Lipinski definition) is 6. The number of benzene rings is 2. The highest BCUT2D eigenvalue weighted by Gasteiger charge is 2.30. The molecule has 1 N–H and O–H groups in total. The first kappa shape index (κ1) is 22.4. The number of hydroxylamine groups is 2. The number of nitrogens with zero attached hydrogens (tertiary/aromatic N) is 1. The van der Waals surface area contributed by atoms with E-state index in [2.05, 4.69) is 53.9 Å². The van der Waals surface area contributed by atoms with Gasteiger partial charge in [0.15, 0.2) is 0 Å². The number of allylic oxidation sites excluding steroid dienone is 1. The molecule has 0 bridgehead atoms. The predicted molar refractivity (Wildman–Crippen MR) is 125 cm³/mol. The first-order valence-corrected chi connectivity index (χ1v) is 11.2. The van der Waals surface area contributed by atoms with Gasteiger partial charge in [0.05, 0.1) is 19.3 Å². The van der Waals surface area contributed by atoms with Crippen LogP contribution in [-0.2, 0) is 20.9 Å². The third kappa shape index (κ3) is 5.90. The van der Waals surface area contributed by atoms with Crippen molar-refractivity contribution in [2.75, 3.05) is 19.6 Å². The van der Waals surface area contributed by atoms with Crippen molar-refractivity contribution in [3.8, 4) is 0 Å². The van der Waals surface area contributed by atoms with Crippen LogP contribution in [0.15, 0.2) is 66.4 Å². The van der Waals surface area contributed by atoms with Crippen molar-refractivity contribution in [3.63, 3.8) is 0 Å². The molecule has 32 heavy (non-hydrogen) atoms. The Morgan fingerprint density at radius 2 is 1.97 bits per heavy atom. The van der Waals surface area contributed by atoms with E-state index in [-0.39, 0.29) is 12.0 Å². The summed E-state index contributed by atoms with van der Waals surface area (Å²) < 4.78 is 11.6. The highest BCUT2D eigenvalue weighted by Crippen LogP contribution is 2.28. The second-order valence-corrected chi connectivity index (χ2v) is 9.32. The summed E-state index contributed by atoms with van der Waals surface area (Å²) in [6, 6.07) is 14.8. The van der Waals surface area contributed by atoms with Crippen LogP contribution in [-0.4, -0.2) is 42.6 Å². The van der Waals surface area contributed by atoms with Gasteiger partial charge in [0, 0.05) is 18.7 Å². The van der Waals surface area contributed by atoms with Crippen molar-refractivity contribution in [3.05, 3.63) is 72.0 Å². The number of rotatable bonds is 5. The molecule has 0 saturated carbocycles. The van der Waals surface area contributed by atoms with Gasteiger partial charge in [-0.25, -0.2) is 9.86 Å². The van der Waals surface area contributed by atoms with Gasteiger partial charge in [-0.05, 0) is 61.7 Å². The van der Waals surface area contributed by atoms with E-state index in [4.69, 9.17) is 14.3 Å². The van der Waals surface area contributed by atoms with E-state index in [1.165, 1.54) is 15.8 Å². The summed E-state index contributed by atoms with van der Waals surface area (Å²) in [6.07, 6.45) is 6.30. The van der Waals surface area contributed by atoms with E-state index in [1.807, 2.05) is 33.0 Å². The van der Waals surface area contributed by atoms with Crippen molar-refractivity contribution >= 4 is 16.9 Å².